The van der Waals surface area contributed by atoms with Crippen LogP contribution in [0.15, 0.2) is 53.4 Å². The van der Waals surface area contributed by atoms with Crippen LogP contribution in [0.2, 0.25) is 0 Å². The lowest BCUT2D eigenvalue weighted by Crippen LogP contribution is -2.50. The minimum absolute atomic E-state index is 0.00109. The number of carbonyl (C=O) groups excluding carboxylic acids is 2. The maximum absolute atomic E-state index is 13.2. The Bertz CT molecular complexity index is 1090. The van der Waals surface area contributed by atoms with E-state index in [1.165, 1.54) is 16.4 Å². The molecule has 1 aliphatic rings. The molecule has 2 aromatic rings. The molecule has 1 fully saturated rings. The summed E-state index contributed by atoms with van der Waals surface area (Å²) in [6.07, 6.45) is 1.02. The van der Waals surface area contributed by atoms with Gasteiger partial charge >= 0.3 is 0 Å². The number of methoxy groups -OCH3 is 1. The quantitative estimate of drug-likeness (QED) is 0.606. The van der Waals surface area contributed by atoms with Crippen LogP contribution in [0.1, 0.15) is 25.3 Å². The van der Waals surface area contributed by atoms with Gasteiger partial charge in [-0.15, -0.1) is 0 Å². The maximum Gasteiger partial charge on any atom is 0.243 e. The number of hydrogen-bond donors (Lipinski definition) is 2. The highest BCUT2D eigenvalue weighted by atomic mass is 32.2. The number of piperidine rings is 1. The molecule has 0 aliphatic carbocycles. The van der Waals surface area contributed by atoms with Crippen LogP contribution in [0.5, 0.6) is 5.75 Å². The van der Waals surface area contributed by atoms with Crippen molar-refractivity contribution in [3.05, 3.63) is 59.9 Å². The van der Waals surface area contributed by atoms with Gasteiger partial charge in [-0.05, 0) is 50.1 Å². The summed E-state index contributed by atoms with van der Waals surface area (Å²) in [5, 5.41) is 5.45. The van der Waals surface area contributed by atoms with Gasteiger partial charge in [0, 0.05) is 25.2 Å². The number of halogens is 1. The molecule has 2 amide bonds. The van der Waals surface area contributed by atoms with Gasteiger partial charge in [0.2, 0.25) is 21.8 Å². The average Bonchev–Trinajstić information content (AvgIpc) is 2.82. The van der Waals surface area contributed by atoms with Crippen LogP contribution in [0.3, 0.4) is 0 Å². The minimum atomic E-state index is -3.84. The summed E-state index contributed by atoms with van der Waals surface area (Å²) in [6.45, 7) is 2.10. The van der Waals surface area contributed by atoms with Gasteiger partial charge in [0.05, 0.1) is 17.9 Å². The Morgan fingerprint density at radius 2 is 1.88 bits per heavy atom. The van der Waals surface area contributed by atoms with E-state index in [9.17, 15) is 22.4 Å². The maximum atomic E-state index is 13.2. The van der Waals surface area contributed by atoms with E-state index in [0.717, 1.165) is 17.7 Å². The molecular weight excluding hydrogens is 449 g/mol. The van der Waals surface area contributed by atoms with Crippen molar-refractivity contribution < 1.29 is 27.1 Å². The van der Waals surface area contributed by atoms with Gasteiger partial charge < -0.3 is 15.4 Å². The molecular formula is C23H28FN3O5S. The van der Waals surface area contributed by atoms with E-state index >= 15 is 0 Å². The zero-order chi connectivity index (χ0) is 24.0. The van der Waals surface area contributed by atoms with Crippen molar-refractivity contribution in [1.29, 1.82) is 0 Å². The fraction of sp³-hybridized carbons (Fsp3) is 0.391. The largest absolute Gasteiger partial charge is 0.496 e. The van der Waals surface area contributed by atoms with Crippen LogP contribution < -0.4 is 15.4 Å². The smallest absolute Gasteiger partial charge is 0.243 e. The van der Waals surface area contributed by atoms with Gasteiger partial charge in [0.25, 0.3) is 0 Å². The standard InChI is InChI=1S/C23H28FN3O5S/c1-16(22(28)25-14-17-6-3-4-8-21(17)32-2)26-23(29)18-7-5-13-27(15-18)33(30,31)20-11-9-19(24)10-12-20/h3-4,6,8-12,16,18H,5,7,13-15H2,1-2H3,(H,25,28)(H,26,29)/t16-,18+/m0/s1. The van der Waals surface area contributed by atoms with E-state index in [-0.39, 0.29) is 36.3 Å². The second-order valence-corrected chi connectivity index (χ2v) is 9.85. The number of amides is 2. The van der Waals surface area contributed by atoms with Gasteiger partial charge in [-0.2, -0.15) is 4.31 Å². The van der Waals surface area contributed by atoms with Crippen molar-refractivity contribution in [2.75, 3.05) is 20.2 Å². The average molecular weight is 478 g/mol. The predicted octanol–water partition coefficient (Wildman–Crippen LogP) is 2.06. The molecule has 2 atom stereocenters. The van der Waals surface area contributed by atoms with Gasteiger partial charge in [-0.3, -0.25) is 9.59 Å². The van der Waals surface area contributed by atoms with Crippen LogP contribution in [0.4, 0.5) is 4.39 Å². The summed E-state index contributed by atoms with van der Waals surface area (Å²) in [7, 11) is -2.29. The normalized spacial score (nSPS) is 17.7. The second-order valence-electron chi connectivity index (χ2n) is 7.92. The first-order chi connectivity index (χ1) is 15.7. The van der Waals surface area contributed by atoms with Crippen molar-refractivity contribution in [3.8, 4) is 5.75 Å². The summed E-state index contributed by atoms with van der Waals surface area (Å²) < 4.78 is 45.4. The van der Waals surface area contributed by atoms with Crippen molar-refractivity contribution >= 4 is 21.8 Å². The molecule has 33 heavy (non-hydrogen) atoms. The van der Waals surface area contributed by atoms with E-state index in [1.54, 1.807) is 20.1 Å². The Hall–Kier alpha value is -2.98. The van der Waals surface area contributed by atoms with Crippen molar-refractivity contribution in [2.45, 2.75) is 37.2 Å². The summed E-state index contributed by atoms with van der Waals surface area (Å²) >= 11 is 0. The highest BCUT2D eigenvalue weighted by molar-refractivity contribution is 7.89. The lowest BCUT2D eigenvalue weighted by Gasteiger charge is -2.31. The van der Waals surface area contributed by atoms with Gasteiger partial charge in [-0.1, -0.05) is 18.2 Å². The Kier molecular flexibility index (Phi) is 8.04. The summed E-state index contributed by atoms with van der Waals surface area (Å²) in [5.74, 6) is -1.20. The third-order valence-electron chi connectivity index (χ3n) is 5.60. The van der Waals surface area contributed by atoms with Crippen LogP contribution in [-0.4, -0.2) is 50.8 Å². The molecule has 0 saturated carbocycles. The van der Waals surface area contributed by atoms with Crippen LogP contribution in [0, 0.1) is 11.7 Å². The molecule has 2 N–H and O–H groups in total. The Labute approximate surface area is 193 Å². The SMILES string of the molecule is COc1ccccc1CNC(=O)[C@H](C)NC(=O)[C@@H]1CCCN(S(=O)(=O)c2ccc(F)cc2)C1. The second kappa shape index (κ2) is 10.8. The van der Waals surface area contributed by atoms with Crippen molar-refractivity contribution in [2.24, 2.45) is 5.92 Å². The van der Waals surface area contributed by atoms with Crippen molar-refractivity contribution in [3.63, 3.8) is 0 Å². The molecule has 1 heterocycles. The van der Waals surface area contributed by atoms with Gasteiger partial charge in [-0.25, -0.2) is 12.8 Å². The highest BCUT2D eigenvalue weighted by Gasteiger charge is 2.34. The fourth-order valence-corrected chi connectivity index (χ4v) is 5.24. The number of ether oxygens (including phenoxy) is 1. The summed E-state index contributed by atoms with van der Waals surface area (Å²) in [6, 6.07) is 11.1. The Balaban J connectivity index is 1.56. The summed E-state index contributed by atoms with van der Waals surface area (Å²) in [5.41, 5.74) is 0.806. The van der Waals surface area contributed by atoms with E-state index in [1.807, 2.05) is 18.2 Å². The van der Waals surface area contributed by atoms with Crippen LogP contribution in [-0.2, 0) is 26.2 Å². The minimum Gasteiger partial charge on any atom is -0.496 e. The zero-order valence-electron chi connectivity index (χ0n) is 18.6. The lowest BCUT2D eigenvalue weighted by atomic mass is 9.98. The Morgan fingerprint density at radius 3 is 2.58 bits per heavy atom. The number of benzene rings is 2. The number of rotatable bonds is 8. The van der Waals surface area contributed by atoms with Gasteiger partial charge in [0.15, 0.2) is 0 Å². The van der Waals surface area contributed by atoms with E-state index in [4.69, 9.17) is 4.74 Å². The molecule has 1 saturated heterocycles. The highest BCUT2D eigenvalue weighted by Crippen LogP contribution is 2.24. The molecule has 8 nitrogen and oxygen atoms in total. The number of nitrogens with one attached hydrogen (secondary N) is 2. The number of hydrogen-bond acceptors (Lipinski definition) is 5. The zero-order valence-corrected chi connectivity index (χ0v) is 19.4. The topological polar surface area (TPSA) is 105 Å². The van der Waals surface area contributed by atoms with Crippen LogP contribution >= 0.6 is 0 Å². The first-order valence-corrected chi connectivity index (χ1v) is 12.1. The van der Waals surface area contributed by atoms with E-state index in [0.29, 0.717) is 18.6 Å². The first-order valence-electron chi connectivity index (χ1n) is 10.7. The fourth-order valence-electron chi connectivity index (χ4n) is 3.71. The third-order valence-corrected chi connectivity index (χ3v) is 7.48. The monoisotopic (exact) mass is 477 g/mol. The number of para-hydroxylation sites is 1. The molecule has 2 aromatic carbocycles. The number of carbonyl (C=O) groups is 2. The van der Waals surface area contributed by atoms with Crippen molar-refractivity contribution in [1.82, 2.24) is 14.9 Å². The van der Waals surface area contributed by atoms with E-state index < -0.39 is 27.8 Å². The Morgan fingerprint density at radius 1 is 1.18 bits per heavy atom. The molecule has 0 unspecified atom stereocenters. The van der Waals surface area contributed by atoms with Crippen LogP contribution in [0.25, 0.3) is 0 Å². The molecule has 1 aliphatic heterocycles. The first kappa shape index (κ1) is 24.7. The molecule has 0 aromatic heterocycles. The lowest BCUT2D eigenvalue weighted by molar-refractivity contribution is -0.131. The molecule has 0 spiro atoms. The predicted molar refractivity (Wildman–Crippen MR) is 120 cm³/mol. The molecule has 0 radical (unpaired) electrons. The third kappa shape index (κ3) is 6.08. The summed E-state index contributed by atoms with van der Waals surface area (Å²) in [4.78, 5) is 25.2. The number of nitrogens with zero attached hydrogens (tertiary/aromatic N) is 1. The van der Waals surface area contributed by atoms with E-state index in [2.05, 4.69) is 10.6 Å². The molecule has 178 valence electrons. The molecule has 10 heteroatoms. The molecule has 3 rings (SSSR count). The number of sulfonamides is 1. The molecule has 0 bridgehead atoms. The van der Waals surface area contributed by atoms with Gasteiger partial charge in [0.1, 0.15) is 17.6 Å².